The monoisotopic (exact) mass is 290 g/mol. The molecular weight excluding hydrogens is 275 g/mol. The van der Waals surface area contributed by atoms with Gasteiger partial charge in [0, 0.05) is 17.3 Å². The third-order valence-corrected chi connectivity index (χ3v) is 4.13. The molecule has 0 atom stereocenters. The van der Waals surface area contributed by atoms with E-state index in [1.54, 1.807) is 17.0 Å². The molecule has 1 aromatic carbocycles. The van der Waals surface area contributed by atoms with Crippen molar-refractivity contribution in [1.82, 2.24) is 4.90 Å². The summed E-state index contributed by atoms with van der Waals surface area (Å²) in [5.41, 5.74) is 0. The summed E-state index contributed by atoms with van der Waals surface area (Å²) in [5.74, 6) is -0.402. The molecule has 0 fully saturated rings. The summed E-state index contributed by atoms with van der Waals surface area (Å²) in [5, 5.41) is 9.53. The number of benzene rings is 1. The molecule has 0 N–H and O–H groups in total. The molecule has 104 valence electrons. The molecule has 5 heteroatoms. The van der Waals surface area contributed by atoms with Crippen molar-refractivity contribution in [3.63, 3.8) is 0 Å². The number of carbonyl (C=O) groups excluding carboxylic acids is 1. The van der Waals surface area contributed by atoms with Crippen molar-refractivity contribution < 1.29 is 9.18 Å². The number of carbonyl (C=O) groups is 1. The zero-order valence-electron chi connectivity index (χ0n) is 11.4. The van der Waals surface area contributed by atoms with E-state index in [0.29, 0.717) is 17.8 Å². The summed E-state index contributed by atoms with van der Waals surface area (Å²) in [6.45, 7) is 4.25. The summed E-state index contributed by atoms with van der Waals surface area (Å²) in [6.07, 6.45) is 0.309. The predicted octanol–water partition coefficient (Wildman–Crippen LogP) is 3.80. The van der Waals surface area contributed by atoms with Crippen LogP contribution in [-0.4, -0.2) is 23.4 Å². The highest BCUT2D eigenvalue weighted by Gasteiger charge is 2.20. The number of halogens is 1. The number of nitriles is 1. The molecule has 0 aliphatic rings. The molecule has 0 aliphatic heterocycles. The zero-order valence-corrected chi connectivity index (χ0v) is 12.2. The minimum absolute atomic E-state index is 0.0257. The van der Waals surface area contributed by atoms with E-state index in [4.69, 9.17) is 5.26 Å². The maximum absolute atomic E-state index is 13.2. The van der Waals surface area contributed by atoms with Crippen LogP contribution in [0.25, 0.3) is 10.1 Å². The average molecular weight is 290 g/mol. The molecule has 3 nitrogen and oxygen atoms in total. The number of fused-ring (bicyclic) bond motifs is 1. The quantitative estimate of drug-likeness (QED) is 0.859. The van der Waals surface area contributed by atoms with Gasteiger partial charge in [-0.15, -0.1) is 11.3 Å². The van der Waals surface area contributed by atoms with Crippen molar-refractivity contribution in [3.8, 4) is 6.07 Å². The number of thiophene rings is 1. The van der Waals surface area contributed by atoms with Crippen LogP contribution in [0.2, 0.25) is 0 Å². The Morgan fingerprint density at radius 2 is 2.20 bits per heavy atom. The number of nitrogens with zero attached hydrogens (tertiary/aromatic N) is 2. The number of amides is 1. The summed E-state index contributed by atoms with van der Waals surface area (Å²) in [6, 6.07) is 8.36. The molecule has 2 aromatic rings. The second kappa shape index (κ2) is 6.02. The molecule has 0 spiro atoms. The minimum Gasteiger partial charge on any atom is -0.334 e. The molecule has 0 bridgehead atoms. The van der Waals surface area contributed by atoms with Crippen LogP contribution < -0.4 is 0 Å². The van der Waals surface area contributed by atoms with Crippen LogP contribution in [0.1, 0.15) is 29.9 Å². The van der Waals surface area contributed by atoms with Gasteiger partial charge >= 0.3 is 0 Å². The lowest BCUT2D eigenvalue weighted by Crippen LogP contribution is -2.37. The van der Waals surface area contributed by atoms with Gasteiger partial charge in [0.05, 0.1) is 17.4 Å². The Labute approximate surface area is 121 Å². The fourth-order valence-corrected chi connectivity index (χ4v) is 3.06. The first kappa shape index (κ1) is 14.5. The molecule has 0 unspecified atom stereocenters. The topological polar surface area (TPSA) is 44.1 Å². The number of rotatable bonds is 4. The van der Waals surface area contributed by atoms with Gasteiger partial charge in [0.1, 0.15) is 5.82 Å². The van der Waals surface area contributed by atoms with Crippen LogP contribution in [0.15, 0.2) is 24.3 Å². The summed E-state index contributed by atoms with van der Waals surface area (Å²) in [7, 11) is 0. The van der Waals surface area contributed by atoms with E-state index in [9.17, 15) is 9.18 Å². The Balaban J connectivity index is 2.31. The van der Waals surface area contributed by atoms with Gasteiger partial charge < -0.3 is 4.90 Å². The van der Waals surface area contributed by atoms with E-state index in [0.717, 1.165) is 10.1 Å². The molecule has 1 heterocycles. The molecule has 20 heavy (non-hydrogen) atoms. The van der Waals surface area contributed by atoms with E-state index in [2.05, 4.69) is 6.07 Å². The van der Waals surface area contributed by atoms with Crippen LogP contribution >= 0.6 is 11.3 Å². The van der Waals surface area contributed by atoms with Gasteiger partial charge in [-0.05, 0) is 37.4 Å². The first-order valence-electron chi connectivity index (χ1n) is 6.40. The minimum atomic E-state index is -0.302. The molecule has 2 rings (SSSR count). The fourth-order valence-electron chi connectivity index (χ4n) is 2.02. The van der Waals surface area contributed by atoms with Crippen molar-refractivity contribution in [3.05, 3.63) is 35.0 Å². The SMILES string of the molecule is CC(C)N(CCC#N)C(=O)c1cc2ccc(F)cc2s1. The smallest absolute Gasteiger partial charge is 0.264 e. The maximum atomic E-state index is 13.2. The van der Waals surface area contributed by atoms with Crippen LogP contribution in [-0.2, 0) is 0 Å². The van der Waals surface area contributed by atoms with Crippen molar-refractivity contribution in [1.29, 1.82) is 5.26 Å². The van der Waals surface area contributed by atoms with Crippen molar-refractivity contribution in [2.24, 2.45) is 0 Å². The van der Waals surface area contributed by atoms with E-state index < -0.39 is 0 Å². The first-order valence-corrected chi connectivity index (χ1v) is 7.21. The molecule has 0 aliphatic carbocycles. The van der Waals surface area contributed by atoms with Crippen molar-refractivity contribution in [2.75, 3.05) is 6.54 Å². The third-order valence-electron chi connectivity index (χ3n) is 3.04. The Kier molecular flexibility index (Phi) is 4.35. The first-order chi connectivity index (χ1) is 9.52. The lowest BCUT2D eigenvalue weighted by atomic mass is 10.2. The molecule has 0 saturated carbocycles. The third kappa shape index (κ3) is 2.97. The van der Waals surface area contributed by atoms with Gasteiger partial charge in [-0.1, -0.05) is 6.07 Å². The Hall–Kier alpha value is -1.93. The van der Waals surface area contributed by atoms with E-state index in [-0.39, 0.29) is 17.8 Å². The van der Waals surface area contributed by atoms with Crippen LogP contribution in [0, 0.1) is 17.1 Å². The zero-order chi connectivity index (χ0) is 14.7. The summed E-state index contributed by atoms with van der Waals surface area (Å²) in [4.78, 5) is 14.7. The highest BCUT2D eigenvalue weighted by Crippen LogP contribution is 2.27. The highest BCUT2D eigenvalue weighted by atomic mass is 32.1. The van der Waals surface area contributed by atoms with Crippen LogP contribution in [0.5, 0.6) is 0 Å². The molecule has 1 aromatic heterocycles. The summed E-state index contributed by atoms with van der Waals surface area (Å²) < 4.78 is 13.9. The van der Waals surface area contributed by atoms with Crippen molar-refractivity contribution in [2.45, 2.75) is 26.3 Å². The van der Waals surface area contributed by atoms with E-state index in [1.807, 2.05) is 13.8 Å². The predicted molar refractivity (Wildman–Crippen MR) is 78.2 cm³/mol. The normalized spacial score (nSPS) is 10.8. The van der Waals surface area contributed by atoms with Gasteiger partial charge in [-0.3, -0.25) is 4.79 Å². The lowest BCUT2D eigenvalue weighted by molar-refractivity contribution is 0.0715. The maximum Gasteiger partial charge on any atom is 0.264 e. The van der Waals surface area contributed by atoms with E-state index >= 15 is 0 Å². The number of hydrogen-bond donors (Lipinski definition) is 0. The van der Waals surface area contributed by atoms with Gasteiger partial charge in [0.25, 0.3) is 5.91 Å². The van der Waals surface area contributed by atoms with Gasteiger partial charge in [-0.25, -0.2) is 4.39 Å². The Bertz CT molecular complexity index is 672. The fraction of sp³-hybridized carbons (Fsp3) is 0.333. The Morgan fingerprint density at radius 1 is 1.45 bits per heavy atom. The standard InChI is InChI=1S/C15H15FN2OS/c1-10(2)18(7-3-6-17)15(19)14-8-11-4-5-12(16)9-13(11)20-14/h4-5,8-10H,3,7H2,1-2H3. The van der Waals surface area contributed by atoms with Gasteiger partial charge in [0.2, 0.25) is 0 Å². The molecule has 0 radical (unpaired) electrons. The van der Waals surface area contributed by atoms with E-state index in [1.165, 1.54) is 23.5 Å². The Morgan fingerprint density at radius 3 is 2.85 bits per heavy atom. The largest absolute Gasteiger partial charge is 0.334 e. The lowest BCUT2D eigenvalue weighted by Gasteiger charge is -2.25. The second-order valence-corrected chi connectivity index (χ2v) is 5.88. The molecule has 0 saturated heterocycles. The van der Waals surface area contributed by atoms with Gasteiger partial charge in [0.15, 0.2) is 0 Å². The molecular formula is C15H15FN2OS. The van der Waals surface area contributed by atoms with Crippen LogP contribution in [0.4, 0.5) is 4.39 Å². The van der Waals surface area contributed by atoms with Gasteiger partial charge in [-0.2, -0.15) is 5.26 Å². The average Bonchev–Trinajstić information content (AvgIpc) is 2.81. The summed E-state index contributed by atoms with van der Waals surface area (Å²) >= 11 is 1.28. The molecule has 1 amide bonds. The van der Waals surface area contributed by atoms with Crippen LogP contribution in [0.3, 0.4) is 0 Å². The number of hydrogen-bond acceptors (Lipinski definition) is 3. The highest BCUT2D eigenvalue weighted by molar-refractivity contribution is 7.20. The van der Waals surface area contributed by atoms with Crippen molar-refractivity contribution >= 4 is 27.3 Å². The second-order valence-electron chi connectivity index (χ2n) is 4.79.